The van der Waals surface area contributed by atoms with E-state index in [9.17, 15) is 32.3 Å². The van der Waals surface area contributed by atoms with Crippen molar-refractivity contribution in [3.05, 3.63) is 0 Å². The van der Waals surface area contributed by atoms with Gasteiger partial charge in [0.2, 0.25) is 0 Å². The zero-order valence-corrected chi connectivity index (χ0v) is 24.7. The summed E-state index contributed by atoms with van der Waals surface area (Å²) in [5.74, 6) is 0.287. The van der Waals surface area contributed by atoms with Crippen molar-refractivity contribution in [1.29, 1.82) is 0 Å². The van der Waals surface area contributed by atoms with Crippen molar-refractivity contribution < 1.29 is 41.7 Å². The van der Waals surface area contributed by atoms with E-state index >= 15 is 0 Å². The first-order valence-corrected chi connectivity index (χ1v) is 15.3. The summed E-state index contributed by atoms with van der Waals surface area (Å²) in [5.41, 5.74) is -3.23. The highest BCUT2D eigenvalue weighted by Crippen LogP contribution is 2.66. The molecule has 0 aromatic rings. The summed E-state index contributed by atoms with van der Waals surface area (Å²) in [6, 6.07) is 0. The first kappa shape index (κ1) is 31.6. The third kappa shape index (κ3) is 6.19. The van der Waals surface area contributed by atoms with Crippen LogP contribution in [0.5, 0.6) is 0 Å². The summed E-state index contributed by atoms with van der Waals surface area (Å²) in [6.07, 6.45) is -0.281. The molecule has 9 heteroatoms. The largest absolute Gasteiger partial charge is 0.460 e. The van der Waals surface area contributed by atoms with Gasteiger partial charge in [-0.25, -0.2) is 4.39 Å². The number of carbonyl (C=O) groups is 2. The average Bonchev–Trinajstić information content (AvgIpc) is 3.20. The van der Waals surface area contributed by atoms with Crippen molar-refractivity contribution in [3.63, 3.8) is 0 Å². The number of esters is 2. The monoisotopic (exact) mass is 576 g/mol. The predicted molar refractivity (Wildman–Crippen MR) is 142 cm³/mol. The Morgan fingerprint density at radius 3 is 2.20 bits per heavy atom. The van der Waals surface area contributed by atoms with Crippen molar-refractivity contribution in [2.75, 3.05) is 6.67 Å². The van der Waals surface area contributed by atoms with Crippen LogP contribution in [0.25, 0.3) is 0 Å². The molecule has 0 unspecified atom stereocenters. The van der Waals surface area contributed by atoms with Crippen molar-refractivity contribution in [2.45, 2.75) is 129 Å². The minimum atomic E-state index is -4.58. The zero-order valence-electron chi connectivity index (χ0n) is 24.7. The molecule has 4 aliphatic carbocycles. The number of ether oxygens (including phenoxy) is 2. The van der Waals surface area contributed by atoms with Gasteiger partial charge < -0.3 is 14.6 Å². The molecule has 0 saturated heterocycles. The number of fused-ring (bicyclic) bond motifs is 5. The number of carbonyl (C=O) groups excluding carboxylic acids is 2. The molecule has 4 aliphatic rings. The maximum absolute atomic E-state index is 14.2. The summed E-state index contributed by atoms with van der Waals surface area (Å²) < 4.78 is 65.7. The van der Waals surface area contributed by atoms with Crippen molar-refractivity contribution in [1.82, 2.24) is 0 Å². The lowest BCUT2D eigenvalue weighted by Gasteiger charge is -2.57. The fourth-order valence-electron chi connectivity index (χ4n) is 9.40. The molecule has 0 heterocycles. The smallest absolute Gasteiger partial charge is 0.417 e. The Hall–Kier alpha value is -1.38. The van der Waals surface area contributed by atoms with Gasteiger partial charge in [-0.15, -0.1) is 0 Å². The Bertz CT molecular complexity index is 932. The summed E-state index contributed by atoms with van der Waals surface area (Å²) in [4.78, 5) is 24.5. The molecule has 4 saturated carbocycles. The second kappa shape index (κ2) is 11.4. The van der Waals surface area contributed by atoms with Crippen molar-refractivity contribution >= 4 is 11.9 Å². The van der Waals surface area contributed by atoms with E-state index in [2.05, 4.69) is 6.92 Å². The molecular formula is C31H48F4O5. The van der Waals surface area contributed by atoms with Crippen LogP contribution in [-0.4, -0.2) is 47.2 Å². The van der Waals surface area contributed by atoms with Gasteiger partial charge in [0.05, 0.1) is 12.8 Å². The SMILES string of the molecule is C[C@@H]([C@H]1CC[C@H]2[C@@H]3CC[C@@H]4C[C@@](O)(C(F)(F)F)CC[C@@H]4[C@H]3CC[C@]12C)[C@@H](CF)OC(=O)CCC(=O)OC(C)(C)C. The Morgan fingerprint density at radius 2 is 1.57 bits per heavy atom. The van der Waals surface area contributed by atoms with Gasteiger partial charge >= 0.3 is 18.1 Å². The lowest BCUT2D eigenvalue weighted by molar-refractivity contribution is -0.282. The second-order valence-electron chi connectivity index (χ2n) is 14.6. The van der Waals surface area contributed by atoms with Gasteiger partial charge in [0, 0.05) is 0 Å². The number of hydrogen-bond donors (Lipinski definition) is 1. The first-order chi connectivity index (χ1) is 18.5. The fraction of sp³-hybridized carbons (Fsp3) is 0.935. The minimum Gasteiger partial charge on any atom is -0.460 e. The van der Waals surface area contributed by atoms with Crippen LogP contribution in [0.15, 0.2) is 0 Å². The zero-order chi connectivity index (χ0) is 29.7. The fourth-order valence-corrected chi connectivity index (χ4v) is 9.40. The number of hydrogen-bond acceptors (Lipinski definition) is 5. The molecule has 0 amide bonds. The molecule has 230 valence electrons. The summed E-state index contributed by atoms with van der Waals surface area (Å²) in [6.45, 7) is 8.72. The maximum Gasteiger partial charge on any atom is 0.417 e. The molecule has 0 spiro atoms. The standard InChI is InChI=1S/C31H48F4O5/c1-18(25(17-32)39-26(36)10-11-27(37)40-28(2,3)4)23-8-9-24-22-7-6-19-16-30(38,31(33,34)35)15-13-20(19)21(22)12-14-29(23,24)5/h18-25,38H,6-17H2,1-5H3/t18-,19+,20-,21+,22+,23+,24-,25+,29+,30+/m0/s1. The quantitative estimate of drug-likeness (QED) is 0.257. The molecule has 1 N–H and O–H groups in total. The van der Waals surface area contributed by atoms with Crippen LogP contribution >= 0.6 is 0 Å². The van der Waals surface area contributed by atoms with Gasteiger partial charge in [-0.05, 0) is 125 Å². The molecule has 4 rings (SSSR count). The lowest BCUT2D eigenvalue weighted by Crippen LogP contribution is -2.55. The van der Waals surface area contributed by atoms with E-state index in [0.717, 1.165) is 38.5 Å². The molecular weight excluding hydrogens is 528 g/mol. The molecule has 0 bridgehead atoms. The molecule has 5 nitrogen and oxygen atoms in total. The van der Waals surface area contributed by atoms with Gasteiger partial charge in [0.1, 0.15) is 18.4 Å². The van der Waals surface area contributed by atoms with Gasteiger partial charge in [-0.1, -0.05) is 13.8 Å². The maximum atomic E-state index is 14.2. The highest BCUT2D eigenvalue weighted by molar-refractivity contribution is 5.78. The molecule has 4 fully saturated rings. The molecule has 0 aliphatic heterocycles. The Labute approximate surface area is 236 Å². The highest BCUT2D eigenvalue weighted by Gasteiger charge is 2.62. The third-order valence-electron chi connectivity index (χ3n) is 11.2. The highest BCUT2D eigenvalue weighted by atomic mass is 19.4. The van der Waals surface area contributed by atoms with E-state index in [1.165, 1.54) is 0 Å². The van der Waals surface area contributed by atoms with E-state index in [-0.39, 0.29) is 54.8 Å². The second-order valence-corrected chi connectivity index (χ2v) is 14.6. The summed E-state index contributed by atoms with van der Waals surface area (Å²) >= 11 is 0. The molecule has 0 radical (unpaired) electrons. The van der Waals surface area contributed by atoms with E-state index in [1.807, 2.05) is 6.92 Å². The average molecular weight is 577 g/mol. The van der Waals surface area contributed by atoms with E-state index in [1.54, 1.807) is 20.8 Å². The van der Waals surface area contributed by atoms with Crippen molar-refractivity contribution in [3.8, 4) is 0 Å². The van der Waals surface area contributed by atoms with E-state index in [0.29, 0.717) is 24.2 Å². The van der Waals surface area contributed by atoms with Crippen LogP contribution in [0.2, 0.25) is 0 Å². The normalized spacial score (nSPS) is 39.4. The van der Waals surface area contributed by atoms with Gasteiger partial charge in [-0.2, -0.15) is 13.2 Å². The number of rotatable bonds is 7. The molecule has 0 aromatic carbocycles. The van der Waals surface area contributed by atoms with Crippen LogP contribution < -0.4 is 0 Å². The summed E-state index contributed by atoms with van der Waals surface area (Å²) in [7, 11) is 0. The number of halogens is 4. The third-order valence-corrected chi connectivity index (χ3v) is 11.2. The Morgan fingerprint density at radius 1 is 0.925 bits per heavy atom. The van der Waals surface area contributed by atoms with E-state index in [4.69, 9.17) is 9.47 Å². The first-order valence-electron chi connectivity index (χ1n) is 15.3. The van der Waals surface area contributed by atoms with Gasteiger partial charge in [0.25, 0.3) is 0 Å². The van der Waals surface area contributed by atoms with Gasteiger partial charge in [-0.3, -0.25) is 9.59 Å². The molecule has 10 atom stereocenters. The number of alkyl halides is 4. The summed E-state index contributed by atoms with van der Waals surface area (Å²) in [5, 5.41) is 10.4. The number of aliphatic hydroxyl groups is 1. The topological polar surface area (TPSA) is 72.8 Å². The van der Waals surface area contributed by atoms with Gasteiger partial charge in [0.15, 0.2) is 5.60 Å². The van der Waals surface area contributed by atoms with Crippen molar-refractivity contribution in [2.24, 2.45) is 46.8 Å². The van der Waals surface area contributed by atoms with Crippen LogP contribution in [0.4, 0.5) is 17.6 Å². The minimum absolute atomic E-state index is 0.0366. The van der Waals surface area contributed by atoms with Crippen LogP contribution in [0.3, 0.4) is 0 Å². The molecule has 0 aromatic heterocycles. The predicted octanol–water partition coefficient (Wildman–Crippen LogP) is 7.19. The molecule has 40 heavy (non-hydrogen) atoms. The van der Waals surface area contributed by atoms with E-state index < -0.39 is 42.1 Å². The Kier molecular flexibility index (Phi) is 8.97. The van der Waals surface area contributed by atoms with Crippen LogP contribution in [-0.2, 0) is 19.1 Å². The van der Waals surface area contributed by atoms with Crippen LogP contribution in [0, 0.1) is 46.8 Å². The van der Waals surface area contributed by atoms with Crippen LogP contribution in [0.1, 0.15) is 105 Å². The lowest BCUT2D eigenvalue weighted by atomic mass is 9.48. The Balaban J connectivity index is 1.37.